The number of benzene rings is 1. The van der Waals surface area contributed by atoms with E-state index in [2.05, 4.69) is 20.0 Å². The minimum Gasteiger partial charge on any atom is -0.471 e. The average Bonchev–Trinajstić information content (AvgIpc) is 3.55. The number of fused-ring (bicyclic) bond motifs is 7. The molecule has 2 unspecified atom stereocenters. The number of alkyl halides is 4. The van der Waals surface area contributed by atoms with Crippen molar-refractivity contribution < 1.29 is 46.2 Å². The molecule has 4 aliphatic rings. The van der Waals surface area contributed by atoms with Crippen LogP contribution in [0, 0.1) is 29.1 Å². The molecule has 2 saturated carbocycles. The topological polar surface area (TPSA) is 120 Å². The van der Waals surface area contributed by atoms with Crippen molar-refractivity contribution in [2.45, 2.75) is 109 Å². The van der Waals surface area contributed by atoms with Crippen LogP contribution in [0.1, 0.15) is 78.3 Å². The molecule has 262 valence electrons. The second-order valence-corrected chi connectivity index (χ2v) is 14.6. The zero-order chi connectivity index (χ0) is 34.5. The number of carbonyl (C=O) groups is 3. The highest BCUT2D eigenvalue weighted by Crippen LogP contribution is 2.58. The summed E-state index contributed by atoms with van der Waals surface area (Å²) in [6, 6.07) is 1.60. The first-order valence-corrected chi connectivity index (χ1v) is 16.7. The van der Waals surface area contributed by atoms with Gasteiger partial charge < -0.3 is 29.2 Å². The number of amides is 2. The summed E-state index contributed by atoms with van der Waals surface area (Å²) in [5.41, 5.74) is -1.45. The van der Waals surface area contributed by atoms with Crippen molar-refractivity contribution >= 4 is 29.3 Å². The van der Waals surface area contributed by atoms with Crippen LogP contribution >= 0.6 is 0 Å². The smallest absolute Gasteiger partial charge is 0.408 e. The van der Waals surface area contributed by atoms with Gasteiger partial charge in [0.2, 0.25) is 11.8 Å². The van der Waals surface area contributed by atoms with Crippen molar-refractivity contribution in [2.24, 2.45) is 29.1 Å². The van der Waals surface area contributed by atoms with E-state index in [0.717, 1.165) is 6.42 Å². The first kappa shape index (κ1) is 34.2. The van der Waals surface area contributed by atoms with E-state index in [1.54, 1.807) is 27.7 Å². The number of hydrogen-bond acceptors (Lipinski definition) is 8. The molecule has 2 aliphatic carbocycles. The Balaban J connectivity index is 1.41. The van der Waals surface area contributed by atoms with Crippen LogP contribution in [0.2, 0.25) is 0 Å². The quantitative estimate of drug-likeness (QED) is 0.298. The van der Waals surface area contributed by atoms with Crippen LogP contribution in [0.5, 0.6) is 11.6 Å². The van der Waals surface area contributed by atoms with Gasteiger partial charge in [0.05, 0.1) is 23.6 Å². The predicted molar refractivity (Wildman–Crippen MR) is 165 cm³/mol. The Bertz CT molecular complexity index is 1550. The molecule has 3 heterocycles. The van der Waals surface area contributed by atoms with Gasteiger partial charge in [-0.2, -0.15) is 17.6 Å². The van der Waals surface area contributed by atoms with Gasteiger partial charge in [0.15, 0.2) is 5.69 Å². The van der Waals surface area contributed by atoms with E-state index in [9.17, 15) is 23.2 Å². The van der Waals surface area contributed by atoms with Crippen molar-refractivity contribution in [2.75, 3.05) is 6.54 Å². The summed E-state index contributed by atoms with van der Waals surface area (Å²) >= 11 is 0. The summed E-state index contributed by atoms with van der Waals surface area (Å²) in [5.74, 6) is -4.52. The lowest BCUT2D eigenvalue weighted by molar-refractivity contribution is -0.139. The van der Waals surface area contributed by atoms with Crippen molar-refractivity contribution in [1.29, 1.82) is 0 Å². The molecule has 0 radical (unpaired) electrons. The zero-order valence-corrected chi connectivity index (χ0v) is 27.5. The Morgan fingerprint density at radius 3 is 2.54 bits per heavy atom. The molecule has 3 fully saturated rings. The van der Waals surface area contributed by atoms with Crippen LogP contribution in [-0.4, -0.2) is 70.6 Å². The molecule has 2 amide bonds. The van der Waals surface area contributed by atoms with E-state index in [0.29, 0.717) is 43.8 Å². The van der Waals surface area contributed by atoms with Crippen LogP contribution in [0.3, 0.4) is 0 Å². The third-order valence-electron chi connectivity index (χ3n) is 10.4. The molecule has 0 spiro atoms. The minimum absolute atomic E-state index is 0.00229. The normalized spacial score (nSPS) is 32.2. The lowest BCUT2D eigenvalue weighted by atomic mass is 9.85. The Morgan fingerprint density at radius 1 is 1.08 bits per heavy atom. The van der Waals surface area contributed by atoms with Crippen LogP contribution in [0.25, 0.3) is 11.0 Å². The molecule has 10 nitrogen and oxygen atoms in total. The maximum Gasteiger partial charge on any atom is 0.408 e. The van der Waals surface area contributed by atoms with Gasteiger partial charge in [0.25, 0.3) is 5.92 Å². The van der Waals surface area contributed by atoms with Crippen molar-refractivity contribution in [3.63, 3.8) is 0 Å². The van der Waals surface area contributed by atoms with E-state index in [-0.39, 0.29) is 41.8 Å². The zero-order valence-electron chi connectivity index (χ0n) is 27.5. The van der Waals surface area contributed by atoms with Crippen LogP contribution < -0.4 is 14.8 Å². The van der Waals surface area contributed by atoms with Gasteiger partial charge in [-0.1, -0.05) is 34.1 Å². The third-order valence-corrected chi connectivity index (χ3v) is 10.4. The molecule has 1 N–H and O–H groups in total. The lowest BCUT2D eigenvalue weighted by Crippen LogP contribution is -2.56. The maximum absolute atomic E-state index is 16.1. The number of aldehydes is 1. The second-order valence-electron chi connectivity index (χ2n) is 14.6. The van der Waals surface area contributed by atoms with Crippen molar-refractivity contribution in [3.05, 3.63) is 23.9 Å². The van der Waals surface area contributed by atoms with Gasteiger partial charge in [-0.05, 0) is 67.4 Å². The number of carbonyl (C=O) groups excluding carboxylic acids is 3. The summed E-state index contributed by atoms with van der Waals surface area (Å²) in [7, 11) is 0. The van der Waals surface area contributed by atoms with Gasteiger partial charge in [-0.15, -0.1) is 0 Å². The van der Waals surface area contributed by atoms with Crippen molar-refractivity contribution in [3.8, 4) is 11.6 Å². The first-order chi connectivity index (χ1) is 22.7. The van der Waals surface area contributed by atoms with E-state index >= 15 is 8.78 Å². The van der Waals surface area contributed by atoms with Gasteiger partial charge in [-0.3, -0.25) is 4.79 Å². The summed E-state index contributed by atoms with van der Waals surface area (Å²) in [6.45, 7) is 3.89. The van der Waals surface area contributed by atoms with Crippen LogP contribution in [0.4, 0.5) is 22.4 Å². The van der Waals surface area contributed by atoms with E-state index in [1.165, 1.54) is 23.1 Å². The monoisotopic (exact) mass is 678 g/mol. The molecule has 6 rings (SSSR count). The van der Waals surface area contributed by atoms with Gasteiger partial charge in [0, 0.05) is 18.4 Å². The number of hydrogen-bond donors (Lipinski definition) is 1. The number of rotatable bonds is 4. The van der Waals surface area contributed by atoms with E-state index in [1.807, 2.05) is 0 Å². The minimum atomic E-state index is -3.48. The molecular formula is C34H42F4N4O6. The Labute approximate surface area is 276 Å². The molecule has 1 aromatic heterocycles. The lowest BCUT2D eigenvalue weighted by Gasteiger charge is -2.35. The molecular weight excluding hydrogens is 636 g/mol. The Hall–Kier alpha value is -3.71. The number of halogens is 4. The van der Waals surface area contributed by atoms with Gasteiger partial charge in [0.1, 0.15) is 30.3 Å². The molecule has 2 bridgehead atoms. The fourth-order valence-corrected chi connectivity index (χ4v) is 7.90. The molecule has 1 saturated heterocycles. The van der Waals surface area contributed by atoms with Crippen molar-refractivity contribution in [1.82, 2.24) is 20.2 Å². The Morgan fingerprint density at radius 2 is 1.85 bits per heavy atom. The van der Waals surface area contributed by atoms with Crippen LogP contribution in [-0.2, 0) is 20.2 Å². The molecule has 2 aromatic rings. The number of aromatic nitrogens is 2. The Kier molecular flexibility index (Phi) is 9.22. The average molecular weight is 679 g/mol. The SMILES string of the molecule is CC[C@@H]1[C@@H]2CN(C(=O)[C@H](C(C)(C)C)NC(=O)O[C@@H]3CC4CC4[C@H]3CCCCC(F)(F)c3nc4ccc(OC(F)F)cc4nc3O2)[C@@H]1C=O. The fourth-order valence-electron chi connectivity index (χ4n) is 7.90. The summed E-state index contributed by atoms with van der Waals surface area (Å²) in [6.07, 6.45) is 1.31. The summed E-state index contributed by atoms with van der Waals surface area (Å²) in [4.78, 5) is 49.8. The highest BCUT2D eigenvalue weighted by atomic mass is 19.3. The first-order valence-electron chi connectivity index (χ1n) is 16.7. The number of nitrogens with one attached hydrogen (secondary N) is 1. The molecule has 2 aliphatic heterocycles. The second kappa shape index (κ2) is 13.0. The van der Waals surface area contributed by atoms with Gasteiger partial charge >= 0.3 is 12.7 Å². The molecule has 8 atom stereocenters. The molecule has 1 aromatic carbocycles. The van der Waals surface area contributed by atoms with E-state index in [4.69, 9.17) is 9.47 Å². The fraction of sp³-hybridized carbons (Fsp3) is 0.676. The summed E-state index contributed by atoms with van der Waals surface area (Å²) < 4.78 is 74.7. The number of alkyl carbamates (subject to hydrolysis) is 1. The molecule has 14 heteroatoms. The highest BCUT2D eigenvalue weighted by molar-refractivity contribution is 5.89. The number of ether oxygens (including phenoxy) is 3. The highest BCUT2D eigenvalue weighted by Gasteiger charge is 2.55. The van der Waals surface area contributed by atoms with E-state index < -0.39 is 72.0 Å². The third kappa shape index (κ3) is 6.76. The number of nitrogens with zero attached hydrogens (tertiary/aromatic N) is 3. The maximum atomic E-state index is 16.1. The summed E-state index contributed by atoms with van der Waals surface area (Å²) in [5, 5.41) is 2.78. The van der Waals surface area contributed by atoms with Gasteiger partial charge in [-0.25, -0.2) is 14.8 Å². The largest absolute Gasteiger partial charge is 0.471 e. The predicted octanol–water partition coefficient (Wildman–Crippen LogP) is 6.25. The molecule has 48 heavy (non-hydrogen) atoms. The van der Waals surface area contributed by atoms with Crippen LogP contribution in [0.15, 0.2) is 18.2 Å². The standard InChI is InChI=1S/C34H42F4N4O6/c1-5-19-24(16-43)42-15-26(19)47-29-27(39-22-10-9-18(46-31(35)36)14-23(22)40-29)34(37,38)11-7-6-8-20-21-12-17(21)13-25(20)48-32(45)41-28(30(42)44)33(2,3)4/h9-10,14,16-17,19-21,24-26,28,31H,5-8,11-13,15H2,1-4H3,(H,41,45)/t17?,19-,20+,21?,24+,25+,26-,28+/m0/s1.